The maximum Gasteiger partial charge on any atom is 0.293 e. The Hall–Kier alpha value is -3.73. The number of furan rings is 1. The Bertz CT molecular complexity index is 1100. The SMILES string of the molecule is O=C(CCCNC(=O)c1ccco1)NCCN1C(=O)S/C(=C\c2ccc3c(c2)OCO3)C1=O. The van der Waals surface area contributed by atoms with Gasteiger partial charge in [0.05, 0.1) is 11.2 Å². The number of nitrogens with zero attached hydrogens (tertiary/aromatic N) is 1. The summed E-state index contributed by atoms with van der Waals surface area (Å²) in [6.07, 6.45) is 3.68. The highest BCUT2D eigenvalue weighted by Crippen LogP contribution is 2.36. The van der Waals surface area contributed by atoms with Crippen molar-refractivity contribution in [3.05, 3.63) is 52.8 Å². The lowest BCUT2D eigenvalue weighted by Gasteiger charge is -2.13. The first kappa shape index (κ1) is 22.5. The van der Waals surface area contributed by atoms with E-state index in [-0.39, 0.29) is 49.1 Å². The number of hydrogen-bond donors (Lipinski definition) is 2. The summed E-state index contributed by atoms with van der Waals surface area (Å²) in [5.41, 5.74) is 0.720. The van der Waals surface area contributed by atoms with Crippen LogP contribution in [-0.4, -0.2) is 54.3 Å². The quantitative estimate of drug-likeness (QED) is 0.422. The zero-order valence-electron chi connectivity index (χ0n) is 17.5. The Labute approximate surface area is 193 Å². The van der Waals surface area contributed by atoms with Gasteiger partial charge in [0.15, 0.2) is 17.3 Å². The average Bonchev–Trinajstić information content (AvgIpc) is 3.54. The summed E-state index contributed by atoms with van der Waals surface area (Å²) in [4.78, 5) is 50.0. The van der Waals surface area contributed by atoms with E-state index in [9.17, 15) is 19.2 Å². The monoisotopic (exact) mass is 471 g/mol. The van der Waals surface area contributed by atoms with Crippen molar-refractivity contribution < 1.29 is 33.1 Å². The molecule has 0 spiro atoms. The van der Waals surface area contributed by atoms with Crippen LogP contribution in [0.3, 0.4) is 0 Å². The first-order valence-electron chi connectivity index (χ1n) is 10.2. The third-order valence-corrected chi connectivity index (χ3v) is 5.74. The minimum atomic E-state index is -0.405. The number of fused-ring (bicyclic) bond motifs is 1. The van der Waals surface area contributed by atoms with Crippen molar-refractivity contribution in [2.75, 3.05) is 26.4 Å². The number of rotatable bonds is 9. The van der Waals surface area contributed by atoms with Gasteiger partial charge < -0.3 is 24.5 Å². The molecule has 0 aliphatic carbocycles. The van der Waals surface area contributed by atoms with E-state index in [1.165, 1.54) is 6.26 Å². The van der Waals surface area contributed by atoms with Gasteiger partial charge >= 0.3 is 0 Å². The first-order valence-corrected chi connectivity index (χ1v) is 11.1. The van der Waals surface area contributed by atoms with Crippen LogP contribution in [0.4, 0.5) is 4.79 Å². The van der Waals surface area contributed by atoms with Gasteiger partial charge in [0, 0.05) is 26.1 Å². The summed E-state index contributed by atoms with van der Waals surface area (Å²) in [6.45, 7) is 0.693. The fourth-order valence-corrected chi connectivity index (χ4v) is 4.05. The van der Waals surface area contributed by atoms with Gasteiger partial charge in [-0.3, -0.25) is 24.1 Å². The van der Waals surface area contributed by atoms with Crippen LogP contribution in [0.2, 0.25) is 0 Å². The van der Waals surface area contributed by atoms with E-state index in [0.29, 0.717) is 29.4 Å². The molecule has 11 heteroatoms. The number of ether oxygens (including phenoxy) is 2. The molecule has 3 heterocycles. The second-order valence-corrected chi connectivity index (χ2v) is 8.13. The van der Waals surface area contributed by atoms with Crippen molar-refractivity contribution in [1.29, 1.82) is 0 Å². The zero-order valence-corrected chi connectivity index (χ0v) is 18.3. The van der Waals surface area contributed by atoms with Crippen molar-refractivity contribution in [3.8, 4) is 11.5 Å². The van der Waals surface area contributed by atoms with E-state index in [1.807, 2.05) is 0 Å². The van der Waals surface area contributed by atoms with E-state index < -0.39 is 5.91 Å². The van der Waals surface area contributed by atoms with Gasteiger partial charge in [-0.25, -0.2) is 0 Å². The van der Waals surface area contributed by atoms with Crippen molar-refractivity contribution in [2.45, 2.75) is 12.8 Å². The van der Waals surface area contributed by atoms with E-state index in [0.717, 1.165) is 22.2 Å². The lowest BCUT2D eigenvalue weighted by Crippen LogP contribution is -2.37. The van der Waals surface area contributed by atoms with E-state index >= 15 is 0 Å². The third-order valence-electron chi connectivity index (χ3n) is 4.84. The number of nitrogens with one attached hydrogen (secondary N) is 2. The Morgan fingerprint density at radius 2 is 1.94 bits per heavy atom. The molecule has 10 nitrogen and oxygen atoms in total. The van der Waals surface area contributed by atoms with Crippen LogP contribution in [0, 0.1) is 0 Å². The number of benzene rings is 1. The van der Waals surface area contributed by atoms with Crippen molar-refractivity contribution in [1.82, 2.24) is 15.5 Å². The van der Waals surface area contributed by atoms with Crippen LogP contribution in [0.25, 0.3) is 6.08 Å². The van der Waals surface area contributed by atoms with Gasteiger partial charge in [-0.15, -0.1) is 0 Å². The smallest absolute Gasteiger partial charge is 0.293 e. The van der Waals surface area contributed by atoms with Gasteiger partial charge in [0.1, 0.15) is 0 Å². The molecule has 2 aromatic rings. The predicted octanol–water partition coefficient (Wildman–Crippen LogP) is 2.37. The van der Waals surface area contributed by atoms with Gasteiger partial charge in [0.2, 0.25) is 12.7 Å². The number of thioether (sulfide) groups is 1. The lowest BCUT2D eigenvalue weighted by molar-refractivity contribution is -0.124. The Kier molecular flexibility index (Phi) is 6.98. The number of carbonyl (C=O) groups excluding carboxylic acids is 4. The van der Waals surface area contributed by atoms with Crippen LogP contribution < -0.4 is 20.1 Å². The van der Waals surface area contributed by atoms with E-state index in [1.54, 1.807) is 36.4 Å². The van der Waals surface area contributed by atoms with Crippen LogP contribution >= 0.6 is 11.8 Å². The maximum absolute atomic E-state index is 12.6. The van der Waals surface area contributed by atoms with E-state index in [4.69, 9.17) is 13.9 Å². The highest BCUT2D eigenvalue weighted by atomic mass is 32.2. The summed E-state index contributed by atoms with van der Waals surface area (Å²) in [5.74, 6) is 0.461. The van der Waals surface area contributed by atoms with Gasteiger partial charge in [-0.2, -0.15) is 0 Å². The molecule has 33 heavy (non-hydrogen) atoms. The highest BCUT2D eigenvalue weighted by molar-refractivity contribution is 8.18. The summed E-state index contributed by atoms with van der Waals surface area (Å²) < 4.78 is 15.6. The molecule has 2 N–H and O–H groups in total. The number of carbonyl (C=O) groups is 4. The molecule has 0 saturated carbocycles. The number of imide groups is 1. The summed E-state index contributed by atoms with van der Waals surface area (Å²) in [7, 11) is 0. The fraction of sp³-hybridized carbons (Fsp3) is 0.273. The zero-order chi connectivity index (χ0) is 23.2. The standard InChI is InChI=1S/C22H21N3O7S/c26-19(4-1-7-24-20(27)16-3-2-10-30-16)23-8-9-25-21(28)18(33-22(25)29)12-14-5-6-15-17(11-14)32-13-31-15/h2-3,5-6,10-12H,1,4,7-9,13H2,(H,23,26)(H,24,27)/b18-12-. The molecular formula is C22H21N3O7S. The van der Waals surface area contributed by atoms with Crippen LogP contribution in [0.1, 0.15) is 29.0 Å². The van der Waals surface area contributed by atoms with Crippen molar-refractivity contribution in [3.63, 3.8) is 0 Å². The van der Waals surface area contributed by atoms with Crippen LogP contribution in [0.5, 0.6) is 11.5 Å². The molecule has 1 fully saturated rings. The molecule has 1 saturated heterocycles. The molecule has 1 aromatic heterocycles. The summed E-state index contributed by atoms with van der Waals surface area (Å²) in [5, 5.41) is 4.95. The molecule has 2 aliphatic rings. The third kappa shape index (κ3) is 5.55. The first-order chi connectivity index (χ1) is 16.0. The summed E-state index contributed by atoms with van der Waals surface area (Å²) in [6, 6.07) is 8.44. The largest absolute Gasteiger partial charge is 0.459 e. The minimum absolute atomic E-state index is 0.0735. The number of amides is 4. The predicted molar refractivity (Wildman–Crippen MR) is 119 cm³/mol. The summed E-state index contributed by atoms with van der Waals surface area (Å²) >= 11 is 0.853. The van der Waals surface area contributed by atoms with E-state index in [2.05, 4.69) is 10.6 Å². The van der Waals surface area contributed by atoms with Crippen molar-refractivity contribution >= 4 is 40.8 Å². The molecule has 2 aliphatic heterocycles. The van der Waals surface area contributed by atoms with Gasteiger partial charge in [-0.1, -0.05) is 6.07 Å². The molecular weight excluding hydrogens is 450 g/mol. The molecule has 0 bridgehead atoms. The molecule has 172 valence electrons. The molecule has 0 radical (unpaired) electrons. The topological polar surface area (TPSA) is 127 Å². The molecule has 4 rings (SSSR count). The minimum Gasteiger partial charge on any atom is -0.459 e. The fourth-order valence-electron chi connectivity index (χ4n) is 3.19. The maximum atomic E-state index is 12.6. The van der Waals surface area contributed by atoms with Crippen LogP contribution in [-0.2, 0) is 9.59 Å². The highest BCUT2D eigenvalue weighted by Gasteiger charge is 2.34. The second kappa shape index (κ2) is 10.3. The Morgan fingerprint density at radius 3 is 2.76 bits per heavy atom. The van der Waals surface area contributed by atoms with Gasteiger partial charge in [-0.05, 0) is 54.1 Å². The van der Waals surface area contributed by atoms with Gasteiger partial charge in [0.25, 0.3) is 17.1 Å². The van der Waals surface area contributed by atoms with Crippen molar-refractivity contribution in [2.24, 2.45) is 0 Å². The second-order valence-electron chi connectivity index (χ2n) is 7.13. The average molecular weight is 471 g/mol. The molecule has 0 atom stereocenters. The molecule has 4 amide bonds. The molecule has 0 unspecified atom stereocenters. The normalized spacial score (nSPS) is 15.9. The Balaban J connectivity index is 1.18. The Morgan fingerprint density at radius 1 is 1.09 bits per heavy atom. The van der Waals surface area contributed by atoms with Crippen LogP contribution in [0.15, 0.2) is 45.9 Å². The lowest BCUT2D eigenvalue weighted by atomic mass is 10.2. The number of hydrogen-bond acceptors (Lipinski definition) is 8. The molecule has 1 aromatic carbocycles.